The van der Waals surface area contributed by atoms with Gasteiger partial charge in [-0.2, -0.15) is 0 Å². The normalized spacial score (nSPS) is 13.3. The van der Waals surface area contributed by atoms with Crippen LogP contribution in [-0.4, -0.2) is 24.5 Å². The quantitative estimate of drug-likeness (QED) is 0.867. The van der Waals surface area contributed by atoms with Gasteiger partial charge in [-0.1, -0.05) is 0 Å². The molecule has 0 amide bonds. The highest BCUT2D eigenvalue weighted by Crippen LogP contribution is 2.27. The standard InChI is InChI=1S/C12H14N2O4S3/c1-6-4-9(20-10(6)12(15)16)21(17,18)14-8(3)11-13-7(2)5-19-11/h4-5,8,14H,1-3H3,(H,15,16). The average Bonchev–Trinajstić information content (AvgIpc) is 2.95. The van der Waals surface area contributed by atoms with E-state index in [0.29, 0.717) is 10.6 Å². The van der Waals surface area contributed by atoms with Crippen LogP contribution in [0.15, 0.2) is 15.7 Å². The van der Waals surface area contributed by atoms with Crippen LogP contribution in [0.4, 0.5) is 0 Å². The molecule has 6 nitrogen and oxygen atoms in total. The summed E-state index contributed by atoms with van der Waals surface area (Å²) in [7, 11) is -3.76. The zero-order valence-electron chi connectivity index (χ0n) is 11.6. The predicted octanol–water partition coefficient (Wildman–Crippen LogP) is 2.56. The second kappa shape index (κ2) is 5.84. The molecule has 0 saturated heterocycles. The van der Waals surface area contributed by atoms with Gasteiger partial charge in [-0.25, -0.2) is 22.9 Å². The lowest BCUT2D eigenvalue weighted by Gasteiger charge is -2.10. The average molecular weight is 346 g/mol. The molecule has 0 aromatic carbocycles. The van der Waals surface area contributed by atoms with Crippen LogP contribution in [0.2, 0.25) is 0 Å². The highest BCUT2D eigenvalue weighted by molar-refractivity contribution is 7.91. The van der Waals surface area contributed by atoms with Crippen molar-refractivity contribution in [2.75, 3.05) is 0 Å². The van der Waals surface area contributed by atoms with E-state index in [9.17, 15) is 13.2 Å². The van der Waals surface area contributed by atoms with Crippen molar-refractivity contribution in [3.05, 3.63) is 32.6 Å². The van der Waals surface area contributed by atoms with E-state index in [2.05, 4.69) is 9.71 Å². The predicted molar refractivity (Wildman–Crippen MR) is 81.6 cm³/mol. The highest BCUT2D eigenvalue weighted by atomic mass is 32.2. The molecular weight excluding hydrogens is 332 g/mol. The van der Waals surface area contributed by atoms with Gasteiger partial charge in [0.25, 0.3) is 10.0 Å². The smallest absolute Gasteiger partial charge is 0.346 e. The largest absolute Gasteiger partial charge is 0.477 e. The number of nitrogens with one attached hydrogen (secondary N) is 1. The first kappa shape index (κ1) is 16.1. The maximum Gasteiger partial charge on any atom is 0.346 e. The summed E-state index contributed by atoms with van der Waals surface area (Å²) in [6.07, 6.45) is 0. The van der Waals surface area contributed by atoms with Crippen molar-refractivity contribution in [2.24, 2.45) is 0 Å². The third kappa shape index (κ3) is 3.49. The third-order valence-corrected chi connectivity index (χ3v) is 7.08. The van der Waals surface area contributed by atoms with Crippen LogP contribution in [0, 0.1) is 13.8 Å². The van der Waals surface area contributed by atoms with E-state index in [1.807, 2.05) is 12.3 Å². The zero-order valence-corrected chi connectivity index (χ0v) is 14.0. The van der Waals surface area contributed by atoms with Crippen molar-refractivity contribution < 1.29 is 18.3 Å². The van der Waals surface area contributed by atoms with Gasteiger partial charge in [-0.15, -0.1) is 22.7 Å². The van der Waals surface area contributed by atoms with Gasteiger partial charge in [0, 0.05) is 11.1 Å². The number of nitrogens with zero attached hydrogens (tertiary/aromatic N) is 1. The molecule has 0 bridgehead atoms. The second-order valence-corrected chi connectivity index (χ2v) is 8.44. The van der Waals surface area contributed by atoms with E-state index in [4.69, 9.17) is 5.11 Å². The van der Waals surface area contributed by atoms with Gasteiger partial charge in [0.15, 0.2) is 0 Å². The van der Waals surface area contributed by atoms with Crippen molar-refractivity contribution in [3.63, 3.8) is 0 Å². The third-order valence-electron chi connectivity index (χ3n) is 2.69. The number of sulfonamides is 1. The zero-order chi connectivity index (χ0) is 15.8. The Morgan fingerprint density at radius 3 is 2.57 bits per heavy atom. The summed E-state index contributed by atoms with van der Waals surface area (Å²) in [5.74, 6) is -1.12. The number of aryl methyl sites for hydroxylation is 2. The van der Waals surface area contributed by atoms with Crippen molar-refractivity contribution in [1.82, 2.24) is 9.71 Å². The fourth-order valence-electron chi connectivity index (χ4n) is 1.71. The van der Waals surface area contributed by atoms with Crippen LogP contribution in [-0.2, 0) is 10.0 Å². The maximum absolute atomic E-state index is 12.3. The minimum atomic E-state index is -3.76. The number of thiophene rings is 1. The SMILES string of the molecule is Cc1csc(C(C)NS(=O)(=O)c2cc(C)c(C(=O)O)s2)n1. The van der Waals surface area contributed by atoms with Crippen LogP contribution in [0.5, 0.6) is 0 Å². The number of aromatic carboxylic acids is 1. The van der Waals surface area contributed by atoms with Gasteiger partial charge in [-0.3, -0.25) is 0 Å². The Hall–Kier alpha value is -1.29. The summed E-state index contributed by atoms with van der Waals surface area (Å²) in [5, 5.41) is 11.5. The molecule has 2 aromatic heterocycles. The highest BCUT2D eigenvalue weighted by Gasteiger charge is 2.24. The number of aromatic nitrogens is 1. The number of thiazole rings is 1. The fraction of sp³-hybridized carbons (Fsp3) is 0.333. The molecule has 2 N–H and O–H groups in total. The Labute approximate surface area is 130 Å². The molecule has 0 radical (unpaired) electrons. The monoisotopic (exact) mass is 346 g/mol. The fourth-order valence-corrected chi connectivity index (χ4v) is 5.19. The number of rotatable bonds is 5. The minimum Gasteiger partial charge on any atom is -0.477 e. The van der Waals surface area contributed by atoms with Gasteiger partial charge in [0.1, 0.15) is 14.1 Å². The van der Waals surface area contributed by atoms with Crippen molar-refractivity contribution in [1.29, 1.82) is 0 Å². The Bertz CT molecular complexity index is 776. The van der Waals surface area contributed by atoms with Gasteiger partial charge >= 0.3 is 5.97 Å². The first-order valence-electron chi connectivity index (χ1n) is 5.99. The molecule has 0 aliphatic heterocycles. The second-order valence-electron chi connectivity index (χ2n) is 4.55. The van der Waals surface area contributed by atoms with Crippen LogP contribution in [0.1, 0.15) is 38.9 Å². The Balaban J connectivity index is 2.26. The lowest BCUT2D eigenvalue weighted by Crippen LogP contribution is -2.26. The first-order chi connectivity index (χ1) is 9.70. The van der Waals surface area contributed by atoms with E-state index in [1.165, 1.54) is 17.4 Å². The van der Waals surface area contributed by atoms with Crippen LogP contribution in [0.3, 0.4) is 0 Å². The van der Waals surface area contributed by atoms with Crippen molar-refractivity contribution >= 4 is 38.7 Å². The summed E-state index contributed by atoms with van der Waals surface area (Å²) in [5.41, 5.74) is 1.27. The molecule has 2 rings (SSSR count). The van der Waals surface area contributed by atoms with Crippen molar-refractivity contribution in [3.8, 4) is 0 Å². The van der Waals surface area contributed by atoms with E-state index in [0.717, 1.165) is 17.0 Å². The van der Waals surface area contributed by atoms with Gasteiger partial charge < -0.3 is 5.11 Å². The van der Waals surface area contributed by atoms with Gasteiger partial charge in [0.2, 0.25) is 0 Å². The van der Waals surface area contributed by atoms with Gasteiger partial charge in [0.05, 0.1) is 6.04 Å². The summed E-state index contributed by atoms with van der Waals surface area (Å²) in [6, 6.07) is 0.903. The molecule has 2 aromatic rings. The Kier molecular flexibility index (Phi) is 4.47. The van der Waals surface area contributed by atoms with Crippen LogP contribution >= 0.6 is 22.7 Å². The summed E-state index contributed by atoms with van der Waals surface area (Å²) in [6.45, 7) is 5.12. The van der Waals surface area contributed by atoms with Gasteiger partial charge in [-0.05, 0) is 32.4 Å². The molecule has 0 saturated carbocycles. The summed E-state index contributed by atoms with van der Waals surface area (Å²) in [4.78, 5) is 15.3. The minimum absolute atomic E-state index is 0.00229. The first-order valence-corrected chi connectivity index (χ1v) is 9.16. The molecule has 0 fully saturated rings. The molecule has 9 heteroatoms. The molecule has 1 unspecified atom stereocenters. The Morgan fingerprint density at radius 1 is 1.43 bits per heavy atom. The summed E-state index contributed by atoms with van der Waals surface area (Å²) < 4.78 is 27.1. The molecule has 21 heavy (non-hydrogen) atoms. The maximum atomic E-state index is 12.3. The lowest BCUT2D eigenvalue weighted by atomic mass is 10.3. The molecule has 2 heterocycles. The van der Waals surface area contributed by atoms with Crippen LogP contribution in [0.25, 0.3) is 0 Å². The van der Waals surface area contributed by atoms with E-state index >= 15 is 0 Å². The van der Waals surface area contributed by atoms with Crippen molar-refractivity contribution in [2.45, 2.75) is 31.0 Å². The molecule has 0 aliphatic carbocycles. The number of hydrogen-bond acceptors (Lipinski definition) is 6. The lowest BCUT2D eigenvalue weighted by molar-refractivity contribution is 0.0701. The number of carbonyl (C=O) groups is 1. The molecule has 114 valence electrons. The van der Waals surface area contributed by atoms with Crippen LogP contribution < -0.4 is 4.72 Å². The van der Waals surface area contributed by atoms with E-state index in [-0.39, 0.29) is 9.09 Å². The summed E-state index contributed by atoms with van der Waals surface area (Å²) >= 11 is 2.13. The van der Waals surface area contributed by atoms with E-state index in [1.54, 1.807) is 13.8 Å². The van der Waals surface area contributed by atoms with E-state index < -0.39 is 22.0 Å². The topological polar surface area (TPSA) is 96.4 Å². The number of hydrogen-bond donors (Lipinski definition) is 2. The molecule has 0 aliphatic rings. The number of carboxylic acids is 1. The molecule has 0 spiro atoms. The number of carboxylic acid groups (broad SMARTS) is 1. The molecular formula is C12H14N2O4S3. The molecule has 1 atom stereocenters. The Morgan fingerprint density at radius 2 is 2.10 bits per heavy atom.